The first-order valence-electron chi connectivity index (χ1n) is 9.87. The van der Waals surface area contributed by atoms with Crippen molar-refractivity contribution in [3.05, 3.63) is 36.8 Å². The van der Waals surface area contributed by atoms with Crippen molar-refractivity contribution < 1.29 is 54.2 Å². The Morgan fingerprint density at radius 2 is 1.30 bits per heavy atom. The van der Waals surface area contributed by atoms with E-state index in [1.807, 2.05) is 13.8 Å². The number of rotatable bonds is 5. The maximum atomic E-state index is 11.6. The van der Waals surface area contributed by atoms with Gasteiger partial charge in [-0.3, -0.25) is 0 Å². The largest absolute Gasteiger partial charge is 0.425 e. The van der Waals surface area contributed by atoms with E-state index in [0.717, 1.165) is 0 Å². The molecule has 0 aliphatic heterocycles. The van der Waals surface area contributed by atoms with Crippen molar-refractivity contribution in [1.82, 2.24) is 0 Å². The molecule has 0 fully saturated rings. The number of ketones is 1. The molecular weight excluding hydrogens is 532 g/mol. The average Bonchev–Trinajstić information content (AvgIpc) is 2.59. The number of alkyl halides is 6. The number of nitrogens with zero attached hydrogens (tertiary/aromatic N) is 1. The summed E-state index contributed by atoms with van der Waals surface area (Å²) in [4.78, 5) is 11.6. The molecule has 0 atom stereocenters. The van der Waals surface area contributed by atoms with E-state index in [1.165, 1.54) is 16.8 Å². The van der Waals surface area contributed by atoms with Gasteiger partial charge < -0.3 is 12.5 Å². The molecule has 0 heterocycles. The van der Waals surface area contributed by atoms with Gasteiger partial charge in [0.2, 0.25) is 0 Å². The number of benzene rings is 1. The summed E-state index contributed by atoms with van der Waals surface area (Å²) in [5.74, 6) is 1.15. The van der Waals surface area contributed by atoms with Crippen LogP contribution in [0.2, 0.25) is 0 Å². The molecule has 1 N–H and O–H groups in total. The third kappa shape index (κ3) is 9.51. The maximum absolute atomic E-state index is 11.6. The Morgan fingerprint density at radius 3 is 1.55 bits per heavy atom. The Kier molecular flexibility index (Phi) is 12.8. The molecule has 33 heavy (non-hydrogen) atoms. The maximum Gasteiger partial charge on any atom is 0.425 e. The molecule has 1 rings (SSSR count). The second-order valence-electron chi connectivity index (χ2n) is 8.75. The zero-order chi connectivity index (χ0) is 25.7. The van der Waals surface area contributed by atoms with Crippen LogP contribution >= 0.6 is 0 Å². The van der Waals surface area contributed by atoms with Crippen LogP contribution in [0.15, 0.2) is 21.7 Å². The quantitative estimate of drug-likeness (QED) is 0.227. The van der Waals surface area contributed by atoms with E-state index in [4.69, 9.17) is 8.60 Å². The van der Waals surface area contributed by atoms with Crippen LogP contribution in [0.3, 0.4) is 0 Å². The molecule has 0 aliphatic carbocycles. The molecule has 192 valence electrons. The van der Waals surface area contributed by atoms with Gasteiger partial charge in [-0.05, 0) is 6.92 Å². The summed E-state index contributed by atoms with van der Waals surface area (Å²) in [5.41, 5.74) is -1.17. The van der Waals surface area contributed by atoms with Crippen LogP contribution in [-0.4, -0.2) is 33.2 Å². The number of carbonyl (C=O) groups excluding carboxylic acids is 1. The molecule has 1 aromatic rings. The fourth-order valence-electron chi connectivity index (χ4n) is 2.07. The molecule has 0 amide bonds. The number of halogens is 6. The van der Waals surface area contributed by atoms with Gasteiger partial charge in [0.15, 0.2) is 0 Å². The number of aliphatic hydroxyl groups is 1. The third-order valence-electron chi connectivity index (χ3n) is 4.85. The molecular formula is C23H34F6MoNO2-. The Labute approximate surface area is 200 Å². The van der Waals surface area contributed by atoms with E-state index in [1.54, 1.807) is 6.92 Å². The molecule has 0 aliphatic rings. The van der Waals surface area contributed by atoms with Crippen LogP contribution < -0.4 is 0 Å². The summed E-state index contributed by atoms with van der Waals surface area (Å²) < 4.78 is 75.2. The molecule has 0 spiro atoms. The minimum atomic E-state index is -5.69. The summed E-state index contributed by atoms with van der Waals surface area (Å²) in [6, 6.07) is 6.49. The van der Waals surface area contributed by atoms with Crippen LogP contribution in [0.25, 0.3) is 0 Å². The molecule has 0 unspecified atom stereocenters. The van der Waals surface area contributed by atoms with Crippen molar-refractivity contribution in [3.8, 4) is 0 Å². The van der Waals surface area contributed by atoms with Crippen molar-refractivity contribution in [2.24, 2.45) is 8.91 Å². The molecule has 1 aromatic carbocycles. The summed E-state index contributed by atoms with van der Waals surface area (Å²) in [6.45, 7) is 14.1. The molecule has 0 bridgehead atoms. The van der Waals surface area contributed by atoms with Crippen LogP contribution in [0.4, 0.5) is 32.0 Å². The van der Waals surface area contributed by atoms with Gasteiger partial charge in [0.25, 0.3) is 5.60 Å². The monoisotopic (exact) mass is 568 g/mol. The molecule has 3 nitrogen and oxygen atoms in total. The standard InChI is InChI=1S/C12H17N.C6H10O.C4H4F6O.CH3.Mo/c1-8(2)10-6-5-7-11(9(3)4)12(10)13;1-5(7)6(2,3)4;1-2(11,3(5,6)7)4(8,9)10;;/h5-9H,1-4H3;2H,1,3-4H3;11H,1H3;1H3;/q;;;-1;. The zero-order valence-electron chi connectivity index (χ0n) is 20.4. The summed E-state index contributed by atoms with van der Waals surface area (Å²) in [6.07, 6.45) is -11.4. The Morgan fingerprint density at radius 1 is 0.939 bits per heavy atom. The Balaban J connectivity index is 0. The first kappa shape index (κ1) is 34.0. The molecule has 10 heteroatoms. The van der Waals surface area contributed by atoms with Crippen LogP contribution in [0, 0.1) is 12.8 Å². The third-order valence-corrected chi connectivity index (χ3v) is 7.26. The van der Waals surface area contributed by atoms with Gasteiger partial charge in [-0.2, -0.15) is 26.3 Å². The summed E-state index contributed by atoms with van der Waals surface area (Å²) >= 11 is -0.676. The number of hydrogen-bond donors (Lipinski definition) is 1. The average molecular weight is 566 g/mol. The van der Waals surface area contributed by atoms with E-state index < -0.39 is 35.9 Å². The summed E-state index contributed by atoms with van der Waals surface area (Å²) in [7, 11) is 0. The van der Waals surface area contributed by atoms with E-state index in [2.05, 4.69) is 50.3 Å². The van der Waals surface area contributed by atoms with Crippen molar-refractivity contribution in [1.29, 1.82) is 0 Å². The van der Waals surface area contributed by atoms with Crippen molar-refractivity contribution >= 4 is 15.9 Å². The second-order valence-corrected chi connectivity index (χ2v) is 10.3. The van der Waals surface area contributed by atoms with Crippen LogP contribution in [0.5, 0.6) is 0 Å². The normalized spacial score (nSPS) is 12.5. The molecule has 0 aromatic heterocycles. The van der Waals surface area contributed by atoms with Gasteiger partial charge in [-0.1, -0.05) is 0 Å². The van der Waals surface area contributed by atoms with E-state index >= 15 is 0 Å². The summed E-state index contributed by atoms with van der Waals surface area (Å²) in [5, 5.41) is 7.94. The van der Waals surface area contributed by atoms with Crippen molar-refractivity contribution in [3.63, 3.8) is 0 Å². The van der Waals surface area contributed by atoms with E-state index in [-0.39, 0.29) is 25.5 Å². The SMILES string of the molecule is CC(=O)C(C)(C)[CH]=[Mo]=[N]c1c(C(C)C)cccc1C(C)C.CC(O)(C(F)(F)F)C(F)(F)F.[CH3-]. The topological polar surface area (TPSA) is 49.7 Å². The number of hydrogen-bond acceptors (Lipinski definition) is 3. The van der Waals surface area contributed by atoms with E-state index in [0.29, 0.717) is 11.8 Å². The predicted molar refractivity (Wildman–Crippen MR) is 116 cm³/mol. The first-order valence-corrected chi connectivity index (χ1v) is 11.9. The van der Waals surface area contributed by atoms with Gasteiger partial charge in [-0.15, -0.1) is 0 Å². The molecule has 0 saturated carbocycles. The van der Waals surface area contributed by atoms with Crippen LogP contribution in [0.1, 0.15) is 78.4 Å². The minimum absolute atomic E-state index is 0. The fraction of sp³-hybridized carbons (Fsp3) is 0.609. The Bertz CT molecular complexity index is 807. The first-order chi connectivity index (χ1) is 14.2. The van der Waals surface area contributed by atoms with Gasteiger partial charge in [0.1, 0.15) is 0 Å². The van der Waals surface area contributed by atoms with Crippen molar-refractivity contribution in [2.75, 3.05) is 0 Å². The van der Waals surface area contributed by atoms with Gasteiger partial charge in [0, 0.05) is 0 Å². The van der Waals surface area contributed by atoms with Crippen molar-refractivity contribution in [2.45, 2.75) is 85.2 Å². The Hall–Kier alpha value is -1.21. The van der Waals surface area contributed by atoms with E-state index in [9.17, 15) is 31.1 Å². The number of carbonyl (C=O) groups is 1. The van der Waals surface area contributed by atoms with Gasteiger partial charge >= 0.3 is 149 Å². The molecule has 0 radical (unpaired) electrons. The molecule has 0 saturated heterocycles. The van der Waals surface area contributed by atoms with Gasteiger partial charge in [-0.25, -0.2) is 0 Å². The van der Waals surface area contributed by atoms with Crippen LogP contribution in [-0.2, 0) is 22.7 Å². The smallest absolute Gasteiger partial charge is 0.374 e. The zero-order valence-corrected chi connectivity index (χ0v) is 22.4. The minimum Gasteiger partial charge on any atom is -0.374 e. The number of Topliss-reactive ketones (excluding diaryl/α,β-unsaturated/α-hetero) is 1. The fourth-order valence-corrected chi connectivity index (χ4v) is 4.03. The van der Waals surface area contributed by atoms with Gasteiger partial charge in [0.05, 0.1) is 0 Å². The predicted octanol–water partition coefficient (Wildman–Crippen LogP) is 7.56. The second kappa shape index (κ2) is 12.5.